The van der Waals surface area contributed by atoms with Crippen LogP contribution in [0.2, 0.25) is 0 Å². The fourth-order valence-electron chi connectivity index (χ4n) is 0.225. The van der Waals surface area contributed by atoms with Gasteiger partial charge < -0.3 is 11.4 Å². The van der Waals surface area contributed by atoms with E-state index in [0.717, 1.165) is 4.73 Å². The lowest BCUT2D eigenvalue weighted by Crippen LogP contribution is -2.19. The van der Waals surface area contributed by atoms with Crippen molar-refractivity contribution in [2.75, 3.05) is 0 Å². The summed E-state index contributed by atoms with van der Waals surface area (Å²) >= 11 is 1.39. The molecule has 0 bridgehead atoms. The first-order chi connectivity index (χ1) is 2.89. The average Bonchev–Trinajstić information content (AvgIpc) is 1.86. The van der Waals surface area contributed by atoms with E-state index in [-0.39, 0.29) is 6.15 Å². The van der Waals surface area contributed by atoms with Crippen molar-refractivity contribution in [3.63, 3.8) is 0 Å². The number of aromatic nitrogens is 1. The first kappa shape index (κ1) is 6.39. The molecule has 0 saturated heterocycles. The lowest BCUT2D eigenvalue weighted by atomic mass is 11.0. The molecule has 7 heavy (non-hydrogen) atoms. The summed E-state index contributed by atoms with van der Waals surface area (Å²) in [5.74, 6) is 0. The minimum Gasteiger partial charge on any atom is -0.618 e. The molecular formula is C3H6N2OS. The van der Waals surface area contributed by atoms with Crippen molar-refractivity contribution < 1.29 is 4.73 Å². The van der Waals surface area contributed by atoms with Gasteiger partial charge in [-0.25, -0.2) is 0 Å². The fraction of sp³-hybridized carbons (Fsp3) is 0. The van der Waals surface area contributed by atoms with Crippen LogP contribution in [-0.4, -0.2) is 0 Å². The van der Waals surface area contributed by atoms with Crippen LogP contribution in [0.5, 0.6) is 0 Å². The largest absolute Gasteiger partial charge is 0.618 e. The van der Waals surface area contributed by atoms with Crippen LogP contribution in [0.15, 0.2) is 17.1 Å². The van der Waals surface area contributed by atoms with Crippen LogP contribution in [0.25, 0.3) is 0 Å². The Morgan fingerprint density at radius 3 is 2.43 bits per heavy atom. The summed E-state index contributed by atoms with van der Waals surface area (Å²) in [6, 6.07) is 0. The molecule has 0 aliphatic heterocycles. The third kappa shape index (κ3) is 1.52. The molecule has 1 aromatic rings. The zero-order valence-electron chi connectivity index (χ0n) is 3.70. The molecule has 3 nitrogen and oxygen atoms in total. The smallest absolute Gasteiger partial charge is 0.236 e. The van der Waals surface area contributed by atoms with E-state index in [2.05, 4.69) is 0 Å². The van der Waals surface area contributed by atoms with Crippen molar-refractivity contribution in [2.45, 2.75) is 0 Å². The van der Waals surface area contributed by atoms with Crippen LogP contribution in [0.3, 0.4) is 0 Å². The second-order valence-corrected chi connectivity index (χ2v) is 1.64. The maximum absolute atomic E-state index is 10.00. The minimum atomic E-state index is 0. The minimum absolute atomic E-state index is 0. The normalized spacial score (nSPS) is 7.43. The van der Waals surface area contributed by atoms with Crippen LogP contribution in [0.1, 0.15) is 0 Å². The van der Waals surface area contributed by atoms with Gasteiger partial charge >= 0.3 is 0 Å². The zero-order valence-corrected chi connectivity index (χ0v) is 4.52. The van der Waals surface area contributed by atoms with E-state index >= 15 is 0 Å². The van der Waals surface area contributed by atoms with E-state index < -0.39 is 0 Å². The fourth-order valence-corrected chi connectivity index (χ4v) is 0.676. The second kappa shape index (κ2) is 2.54. The van der Waals surface area contributed by atoms with Gasteiger partial charge in [-0.3, -0.25) is 0 Å². The van der Waals surface area contributed by atoms with Gasteiger partial charge in [-0.15, -0.1) is 0 Å². The highest BCUT2D eigenvalue weighted by atomic mass is 32.1. The maximum Gasteiger partial charge on any atom is 0.236 e. The highest BCUT2D eigenvalue weighted by Crippen LogP contribution is 1.84. The van der Waals surface area contributed by atoms with Crippen LogP contribution in [0.4, 0.5) is 0 Å². The summed E-state index contributed by atoms with van der Waals surface area (Å²) in [5, 5.41) is 11.7. The van der Waals surface area contributed by atoms with Crippen molar-refractivity contribution in [1.82, 2.24) is 6.15 Å². The molecule has 0 unspecified atom stereocenters. The third-order valence-electron chi connectivity index (χ3n) is 0.451. The molecule has 0 radical (unpaired) electrons. The number of hydrogen-bond acceptors (Lipinski definition) is 3. The van der Waals surface area contributed by atoms with Crippen LogP contribution >= 0.6 is 11.3 Å². The molecule has 0 atom stereocenters. The highest BCUT2D eigenvalue weighted by molar-refractivity contribution is 7.07. The Morgan fingerprint density at radius 2 is 2.29 bits per heavy atom. The molecule has 1 heterocycles. The van der Waals surface area contributed by atoms with E-state index in [1.54, 1.807) is 5.38 Å². The molecule has 1 aromatic heterocycles. The first-order valence-corrected chi connectivity index (χ1v) is 2.45. The summed E-state index contributed by atoms with van der Waals surface area (Å²) in [6.45, 7) is 0. The molecule has 4 heteroatoms. The van der Waals surface area contributed by atoms with Crippen molar-refractivity contribution in [2.24, 2.45) is 0 Å². The van der Waals surface area contributed by atoms with Crippen LogP contribution in [-0.2, 0) is 0 Å². The van der Waals surface area contributed by atoms with E-state index in [4.69, 9.17) is 0 Å². The Bertz CT molecular complexity index is 116. The standard InChI is InChI=1S/C3H3NOS.H3N/c5-4-1-2-6-3-4;/h1-3H;1H3. The summed E-state index contributed by atoms with van der Waals surface area (Å²) in [6.07, 6.45) is 1.46. The van der Waals surface area contributed by atoms with E-state index in [1.807, 2.05) is 0 Å². The quantitative estimate of drug-likeness (QED) is 0.399. The van der Waals surface area contributed by atoms with Gasteiger partial charge in [0.2, 0.25) is 5.51 Å². The number of rotatable bonds is 0. The predicted octanol–water partition coefficient (Wildman–Crippen LogP) is 0.543. The highest BCUT2D eigenvalue weighted by Gasteiger charge is 1.78. The molecule has 0 spiro atoms. The number of thiazole rings is 1. The molecule has 1 rings (SSSR count). The van der Waals surface area contributed by atoms with Gasteiger partial charge in [-0.05, 0) is 0 Å². The van der Waals surface area contributed by atoms with Crippen LogP contribution in [0, 0.1) is 5.21 Å². The molecule has 0 fully saturated rings. The SMILES string of the molecule is N.[O-][n+]1ccsc1. The Morgan fingerprint density at radius 1 is 1.57 bits per heavy atom. The van der Waals surface area contributed by atoms with Gasteiger partial charge in [-0.1, -0.05) is 11.3 Å². The summed E-state index contributed by atoms with van der Waals surface area (Å²) in [5.41, 5.74) is 1.49. The van der Waals surface area contributed by atoms with E-state index in [0.29, 0.717) is 0 Å². The molecule has 0 aliphatic rings. The Labute approximate surface area is 45.4 Å². The molecule has 0 aromatic carbocycles. The zero-order chi connectivity index (χ0) is 4.41. The van der Waals surface area contributed by atoms with E-state index in [1.165, 1.54) is 23.0 Å². The maximum atomic E-state index is 10.00. The summed E-state index contributed by atoms with van der Waals surface area (Å²) in [4.78, 5) is 0. The molecule has 0 amide bonds. The summed E-state index contributed by atoms with van der Waals surface area (Å²) < 4.78 is 0.769. The van der Waals surface area contributed by atoms with Gasteiger partial charge in [0, 0.05) is 0 Å². The monoisotopic (exact) mass is 118 g/mol. The van der Waals surface area contributed by atoms with Crippen molar-refractivity contribution in [1.29, 1.82) is 0 Å². The predicted molar refractivity (Wildman–Crippen MR) is 28.3 cm³/mol. The summed E-state index contributed by atoms with van der Waals surface area (Å²) in [7, 11) is 0. The lowest BCUT2D eigenvalue weighted by molar-refractivity contribution is -0.599. The van der Waals surface area contributed by atoms with Gasteiger partial charge in [0.25, 0.3) is 0 Å². The Hall–Kier alpha value is -0.610. The molecule has 3 N–H and O–H groups in total. The van der Waals surface area contributed by atoms with Crippen molar-refractivity contribution in [3.8, 4) is 0 Å². The Balaban J connectivity index is 0.000000360. The molecule has 0 saturated carbocycles. The molecule has 0 aliphatic carbocycles. The lowest BCUT2D eigenvalue weighted by Gasteiger charge is -1.79. The van der Waals surface area contributed by atoms with Crippen molar-refractivity contribution in [3.05, 3.63) is 22.3 Å². The first-order valence-electron chi connectivity index (χ1n) is 1.50. The second-order valence-electron chi connectivity index (χ2n) is 0.887. The topological polar surface area (TPSA) is 61.9 Å². The van der Waals surface area contributed by atoms with E-state index in [9.17, 15) is 5.21 Å². The van der Waals surface area contributed by atoms with Crippen LogP contribution < -0.4 is 10.9 Å². The van der Waals surface area contributed by atoms with Gasteiger partial charge in [0.05, 0.1) is 5.38 Å². The number of hydrogen-bond donors (Lipinski definition) is 1. The van der Waals surface area contributed by atoms with Gasteiger partial charge in [0.15, 0.2) is 6.20 Å². The molecule has 40 valence electrons. The Kier molecular flexibility index (Phi) is 2.32. The third-order valence-corrected chi connectivity index (χ3v) is 1.06. The van der Waals surface area contributed by atoms with Gasteiger partial charge in [-0.2, -0.15) is 4.73 Å². The average molecular weight is 118 g/mol. The molecular weight excluding hydrogens is 112 g/mol. The van der Waals surface area contributed by atoms with Crippen molar-refractivity contribution >= 4 is 11.3 Å². The number of nitrogens with zero attached hydrogens (tertiary/aromatic N) is 1. The van der Waals surface area contributed by atoms with Gasteiger partial charge in [0.1, 0.15) is 0 Å².